The molecule has 9 unspecified atom stereocenters. The van der Waals surface area contributed by atoms with Crippen molar-refractivity contribution in [3.05, 3.63) is 0 Å². The summed E-state index contributed by atoms with van der Waals surface area (Å²) in [6.07, 6.45) is 18.2. The minimum Gasteiger partial charge on any atom is -0.393 e. The Morgan fingerprint density at radius 3 is 2.39 bits per heavy atom. The summed E-state index contributed by atoms with van der Waals surface area (Å²) in [5.74, 6) is 6.81. The lowest BCUT2D eigenvalue weighted by molar-refractivity contribution is -0.0821. The van der Waals surface area contributed by atoms with E-state index < -0.39 is 0 Å². The van der Waals surface area contributed by atoms with Crippen LogP contribution in [0.2, 0.25) is 0 Å². The molecule has 0 aromatic heterocycles. The predicted molar refractivity (Wildman–Crippen MR) is 121 cm³/mol. The number of unbranched alkanes of at least 4 members (excludes halogenated alkanes) is 2. The van der Waals surface area contributed by atoms with E-state index in [9.17, 15) is 5.11 Å². The van der Waals surface area contributed by atoms with Gasteiger partial charge < -0.3 is 5.11 Å². The molecule has 1 heteroatoms. The van der Waals surface area contributed by atoms with Crippen molar-refractivity contribution in [1.29, 1.82) is 0 Å². The van der Waals surface area contributed by atoms with E-state index in [4.69, 9.17) is 0 Å². The Balaban J connectivity index is 0.00000109. The lowest BCUT2D eigenvalue weighted by Gasteiger charge is -2.56. The first-order valence-electron chi connectivity index (χ1n) is 13.2. The minimum atomic E-state index is 0.0153. The second-order valence-electron chi connectivity index (χ2n) is 11.1. The maximum atomic E-state index is 10.1. The zero-order valence-corrected chi connectivity index (χ0v) is 19.8. The van der Waals surface area contributed by atoms with Crippen LogP contribution < -0.4 is 0 Å². The molecule has 0 aromatic carbocycles. The Morgan fingerprint density at radius 2 is 1.64 bits per heavy atom. The summed E-state index contributed by atoms with van der Waals surface area (Å²) in [5.41, 5.74) is 0.647. The van der Waals surface area contributed by atoms with Crippen molar-refractivity contribution in [3.8, 4) is 0 Å². The Labute approximate surface area is 176 Å². The van der Waals surface area contributed by atoms with Crippen LogP contribution in [-0.4, -0.2) is 11.2 Å². The van der Waals surface area contributed by atoms with Gasteiger partial charge in [-0.2, -0.15) is 0 Å². The van der Waals surface area contributed by atoms with Gasteiger partial charge >= 0.3 is 0 Å². The molecule has 4 saturated carbocycles. The minimum absolute atomic E-state index is 0.0153. The van der Waals surface area contributed by atoms with Crippen molar-refractivity contribution in [2.24, 2.45) is 46.8 Å². The van der Waals surface area contributed by atoms with Crippen molar-refractivity contribution in [2.75, 3.05) is 0 Å². The highest BCUT2D eigenvalue weighted by molar-refractivity contribution is 5.06. The summed E-state index contributed by atoms with van der Waals surface area (Å²) in [6.45, 7) is 11.6. The predicted octanol–water partition coefficient (Wildman–Crippen LogP) is 7.86. The number of fused-ring (bicyclic) bond motifs is 5. The second-order valence-corrected chi connectivity index (χ2v) is 11.1. The fourth-order valence-corrected chi connectivity index (χ4v) is 8.72. The maximum absolute atomic E-state index is 10.1. The highest BCUT2D eigenvalue weighted by Crippen LogP contribution is 2.65. The van der Waals surface area contributed by atoms with Crippen LogP contribution in [0.4, 0.5) is 0 Å². The van der Waals surface area contributed by atoms with Crippen molar-refractivity contribution in [2.45, 2.75) is 124 Å². The topological polar surface area (TPSA) is 20.2 Å². The molecule has 0 heterocycles. The second kappa shape index (κ2) is 9.84. The average Bonchev–Trinajstić information content (AvgIpc) is 3.06. The maximum Gasteiger partial charge on any atom is 0.0543 e. The molecule has 0 aromatic rings. The monoisotopic (exact) mass is 390 g/mol. The number of aliphatic hydroxyl groups excluding tert-OH is 1. The number of hydrogen-bond donors (Lipinski definition) is 1. The van der Waals surface area contributed by atoms with Gasteiger partial charge in [0.1, 0.15) is 0 Å². The van der Waals surface area contributed by atoms with E-state index in [0.29, 0.717) is 5.41 Å². The van der Waals surface area contributed by atoms with Crippen LogP contribution in [0.1, 0.15) is 118 Å². The number of aliphatic hydroxyl groups is 1. The number of rotatable bonds is 5. The smallest absolute Gasteiger partial charge is 0.0543 e. The molecule has 9 atom stereocenters. The Bertz CT molecular complexity index is 473. The molecule has 0 saturated heterocycles. The molecule has 1 nitrogen and oxygen atoms in total. The quantitative estimate of drug-likeness (QED) is 0.474. The standard InChI is InChI=1S/C25H44O.C2H6/c1-4-5-6-7-17(2)23-12-13-24-22-10-8-18-16-19(26)9-11-20(18)21(22)14-15-25(23,24)3;1-2/h17-24,26H,4-16H2,1-3H3;1-2H3. The summed E-state index contributed by atoms with van der Waals surface area (Å²) in [6, 6.07) is 0. The summed E-state index contributed by atoms with van der Waals surface area (Å²) >= 11 is 0. The lowest BCUT2D eigenvalue weighted by Crippen LogP contribution is -2.49. The van der Waals surface area contributed by atoms with Crippen LogP contribution in [0.5, 0.6) is 0 Å². The van der Waals surface area contributed by atoms with Gasteiger partial charge in [-0.25, -0.2) is 0 Å². The SMILES string of the molecule is CC.CCCCCC(C)C1CCC2C3CCC4CC(O)CCC4C3CCC12C. The van der Waals surface area contributed by atoms with Crippen LogP contribution in [0.3, 0.4) is 0 Å². The molecule has 4 fully saturated rings. The Kier molecular flexibility index (Phi) is 7.96. The first-order valence-corrected chi connectivity index (χ1v) is 13.2. The third-order valence-electron chi connectivity index (χ3n) is 9.95. The van der Waals surface area contributed by atoms with E-state index in [1.807, 2.05) is 13.8 Å². The molecule has 4 rings (SSSR count). The molecule has 4 aliphatic rings. The molecular weight excluding hydrogens is 340 g/mol. The van der Waals surface area contributed by atoms with Gasteiger partial charge in [-0.3, -0.25) is 0 Å². The van der Waals surface area contributed by atoms with Crippen molar-refractivity contribution in [1.82, 2.24) is 0 Å². The Hall–Kier alpha value is -0.0400. The molecule has 0 aliphatic heterocycles. The van der Waals surface area contributed by atoms with Crippen LogP contribution in [0, 0.1) is 46.8 Å². The van der Waals surface area contributed by atoms with Gasteiger partial charge in [0.15, 0.2) is 0 Å². The van der Waals surface area contributed by atoms with Crippen LogP contribution in [0.25, 0.3) is 0 Å². The average molecular weight is 391 g/mol. The van der Waals surface area contributed by atoms with E-state index in [1.165, 1.54) is 70.6 Å². The molecule has 0 amide bonds. The van der Waals surface area contributed by atoms with Gasteiger partial charge in [0.25, 0.3) is 0 Å². The molecule has 0 spiro atoms. The van der Waals surface area contributed by atoms with E-state index in [1.54, 1.807) is 0 Å². The van der Waals surface area contributed by atoms with Crippen molar-refractivity contribution in [3.63, 3.8) is 0 Å². The number of hydrogen-bond acceptors (Lipinski definition) is 1. The normalized spacial score (nSPS) is 45.9. The molecule has 4 aliphatic carbocycles. The lowest BCUT2D eigenvalue weighted by atomic mass is 9.49. The van der Waals surface area contributed by atoms with Gasteiger partial charge in [-0.15, -0.1) is 0 Å². The molecule has 0 bridgehead atoms. The third kappa shape index (κ3) is 4.21. The van der Waals surface area contributed by atoms with Gasteiger partial charge in [0.05, 0.1) is 6.10 Å². The van der Waals surface area contributed by atoms with Gasteiger partial charge in [0, 0.05) is 0 Å². The zero-order chi connectivity index (χ0) is 20.3. The van der Waals surface area contributed by atoms with E-state index >= 15 is 0 Å². The van der Waals surface area contributed by atoms with E-state index in [-0.39, 0.29) is 6.10 Å². The summed E-state index contributed by atoms with van der Waals surface area (Å²) in [7, 11) is 0. The van der Waals surface area contributed by atoms with Gasteiger partial charge in [-0.1, -0.05) is 60.3 Å². The Morgan fingerprint density at radius 1 is 0.893 bits per heavy atom. The van der Waals surface area contributed by atoms with Crippen molar-refractivity contribution >= 4 is 0 Å². The van der Waals surface area contributed by atoms with Crippen LogP contribution in [-0.2, 0) is 0 Å². The largest absolute Gasteiger partial charge is 0.393 e. The van der Waals surface area contributed by atoms with Crippen LogP contribution >= 0.6 is 0 Å². The molecular formula is C27H50O. The van der Waals surface area contributed by atoms with E-state index in [0.717, 1.165) is 54.3 Å². The highest BCUT2D eigenvalue weighted by atomic mass is 16.3. The van der Waals surface area contributed by atoms with Crippen molar-refractivity contribution < 1.29 is 5.11 Å². The third-order valence-corrected chi connectivity index (χ3v) is 9.95. The molecule has 28 heavy (non-hydrogen) atoms. The zero-order valence-electron chi connectivity index (χ0n) is 19.8. The first kappa shape index (κ1) is 22.6. The first-order chi connectivity index (χ1) is 13.5. The fraction of sp³-hybridized carbons (Fsp3) is 1.00. The van der Waals surface area contributed by atoms with E-state index in [2.05, 4.69) is 20.8 Å². The molecule has 1 N–H and O–H groups in total. The molecule has 164 valence electrons. The summed E-state index contributed by atoms with van der Waals surface area (Å²) in [5, 5.41) is 10.1. The molecule has 0 radical (unpaired) electrons. The fourth-order valence-electron chi connectivity index (χ4n) is 8.72. The summed E-state index contributed by atoms with van der Waals surface area (Å²) in [4.78, 5) is 0. The highest BCUT2D eigenvalue weighted by Gasteiger charge is 2.57. The van der Waals surface area contributed by atoms with Gasteiger partial charge in [0.2, 0.25) is 0 Å². The van der Waals surface area contributed by atoms with Gasteiger partial charge in [-0.05, 0) is 105 Å². The van der Waals surface area contributed by atoms with Crippen LogP contribution in [0.15, 0.2) is 0 Å². The summed E-state index contributed by atoms with van der Waals surface area (Å²) < 4.78 is 0.